The Morgan fingerprint density at radius 3 is 2.57 bits per heavy atom. The Labute approximate surface area is 168 Å². The highest BCUT2D eigenvalue weighted by molar-refractivity contribution is 5.92. The second-order valence-electron chi connectivity index (χ2n) is 7.26. The lowest BCUT2D eigenvalue weighted by Gasteiger charge is -2.28. The molecule has 0 aliphatic carbocycles. The van der Waals surface area contributed by atoms with Crippen LogP contribution in [0.5, 0.6) is 0 Å². The van der Waals surface area contributed by atoms with Gasteiger partial charge in [0.05, 0.1) is 26.2 Å². The molecule has 0 saturated carbocycles. The van der Waals surface area contributed by atoms with Crippen LogP contribution in [0.25, 0.3) is 6.08 Å². The number of amides is 1. The van der Waals surface area contributed by atoms with E-state index >= 15 is 0 Å². The third kappa shape index (κ3) is 7.44. The maximum atomic E-state index is 12.8. The quantitative estimate of drug-likeness (QED) is 0.480. The van der Waals surface area contributed by atoms with Crippen LogP contribution in [0, 0.1) is 12.8 Å². The topological polar surface area (TPSA) is 59.1 Å². The van der Waals surface area contributed by atoms with Gasteiger partial charge in [-0.05, 0) is 25.0 Å². The number of hydrogen-bond donors (Lipinski definition) is 0. The van der Waals surface area contributed by atoms with E-state index in [1.807, 2.05) is 37.3 Å². The summed E-state index contributed by atoms with van der Waals surface area (Å²) in [4.78, 5) is 28.7. The van der Waals surface area contributed by atoms with Crippen molar-refractivity contribution in [3.63, 3.8) is 0 Å². The number of aryl methyl sites for hydroxylation is 1. The highest BCUT2D eigenvalue weighted by atomic mass is 16.5. The van der Waals surface area contributed by atoms with Gasteiger partial charge in [0.25, 0.3) is 0 Å². The molecule has 6 nitrogen and oxygen atoms in total. The summed E-state index contributed by atoms with van der Waals surface area (Å²) >= 11 is 0. The van der Waals surface area contributed by atoms with Crippen LogP contribution in [-0.2, 0) is 19.1 Å². The highest BCUT2D eigenvalue weighted by Crippen LogP contribution is 2.09. The van der Waals surface area contributed by atoms with Crippen molar-refractivity contribution in [3.05, 3.63) is 41.5 Å². The molecule has 0 bridgehead atoms. The average molecular weight is 389 g/mol. The SMILES string of the molecule is COC(=O)C(C)CN(CCCN1CCOCC1)C(=O)/C=C/c1ccc(C)cc1. The fourth-order valence-electron chi connectivity index (χ4n) is 3.16. The Morgan fingerprint density at radius 1 is 1.25 bits per heavy atom. The van der Waals surface area contributed by atoms with Gasteiger partial charge in [-0.1, -0.05) is 36.8 Å². The molecule has 1 saturated heterocycles. The fourth-order valence-corrected chi connectivity index (χ4v) is 3.16. The van der Waals surface area contributed by atoms with E-state index in [1.54, 1.807) is 17.9 Å². The lowest BCUT2D eigenvalue weighted by molar-refractivity contribution is -0.146. The third-order valence-electron chi connectivity index (χ3n) is 4.91. The van der Waals surface area contributed by atoms with Crippen molar-refractivity contribution in [2.45, 2.75) is 20.3 Å². The summed E-state index contributed by atoms with van der Waals surface area (Å²) in [7, 11) is 1.38. The van der Waals surface area contributed by atoms with Gasteiger partial charge in [-0.25, -0.2) is 0 Å². The van der Waals surface area contributed by atoms with Gasteiger partial charge in [0, 0.05) is 38.8 Å². The molecule has 1 heterocycles. The number of morpholine rings is 1. The maximum absolute atomic E-state index is 12.8. The van der Waals surface area contributed by atoms with E-state index in [4.69, 9.17) is 9.47 Å². The van der Waals surface area contributed by atoms with E-state index in [1.165, 1.54) is 12.7 Å². The molecule has 0 N–H and O–H groups in total. The first kappa shape index (κ1) is 22.1. The van der Waals surface area contributed by atoms with Gasteiger partial charge < -0.3 is 14.4 Å². The van der Waals surface area contributed by atoms with Crippen LogP contribution >= 0.6 is 0 Å². The summed E-state index contributed by atoms with van der Waals surface area (Å²) in [5.41, 5.74) is 2.16. The van der Waals surface area contributed by atoms with Gasteiger partial charge in [-0.15, -0.1) is 0 Å². The number of esters is 1. The molecule has 6 heteroatoms. The van der Waals surface area contributed by atoms with Crippen LogP contribution in [0.1, 0.15) is 24.5 Å². The van der Waals surface area contributed by atoms with E-state index in [0.717, 1.165) is 44.8 Å². The number of benzene rings is 1. The second-order valence-corrected chi connectivity index (χ2v) is 7.26. The zero-order valence-electron chi connectivity index (χ0n) is 17.2. The smallest absolute Gasteiger partial charge is 0.310 e. The third-order valence-corrected chi connectivity index (χ3v) is 4.91. The lowest BCUT2D eigenvalue weighted by atomic mass is 10.1. The minimum atomic E-state index is -0.356. The molecule has 0 aromatic heterocycles. The number of nitrogens with zero attached hydrogens (tertiary/aromatic N) is 2. The molecule has 1 amide bonds. The molecule has 1 fully saturated rings. The van der Waals surface area contributed by atoms with Crippen molar-refractivity contribution in [1.29, 1.82) is 0 Å². The first-order valence-electron chi connectivity index (χ1n) is 9.91. The Hall–Kier alpha value is -2.18. The Bertz CT molecular complexity index is 651. The van der Waals surface area contributed by atoms with E-state index in [0.29, 0.717) is 13.1 Å². The first-order valence-corrected chi connectivity index (χ1v) is 9.91. The molecular weight excluding hydrogens is 356 g/mol. The van der Waals surface area contributed by atoms with Gasteiger partial charge in [-0.2, -0.15) is 0 Å². The molecule has 28 heavy (non-hydrogen) atoms. The number of methoxy groups -OCH3 is 1. The Morgan fingerprint density at radius 2 is 1.93 bits per heavy atom. The van der Waals surface area contributed by atoms with Crippen LogP contribution in [0.15, 0.2) is 30.3 Å². The standard InChI is InChI=1S/C22H32N2O4/c1-18-5-7-20(8-6-18)9-10-21(25)24(17-19(2)22(26)27-3)12-4-11-23-13-15-28-16-14-23/h5-10,19H,4,11-17H2,1-3H3/b10-9+. The van der Waals surface area contributed by atoms with Crippen molar-refractivity contribution < 1.29 is 19.1 Å². The summed E-state index contributed by atoms with van der Waals surface area (Å²) in [6.07, 6.45) is 4.26. The summed E-state index contributed by atoms with van der Waals surface area (Å²) in [6, 6.07) is 8.01. The van der Waals surface area contributed by atoms with E-state index < -0.39 is 0 Å². The maximum Gasteiger partial charge on any atom is 0.310 e. The van der Waals surface area contributed by atoms with Gasteiger partial charge in [-0.3, -0.25) is 14.5 Å². The fraction of sp³-hybridized carbons (Fsp3) is 0.545. The van der Waals surface area contributed by atoms with Crippen molar-refractivity contribution in [1.82, 2.24) is 9.80 Å². The van der Waals surface area contributed by atoms with Gasteiger partial charge in [0.2, 0.25) is 5.91 Å². The number of rotatable bonds is 9. The number of carbonyl (C=O) groups excluding carboxylic acids is 2. The molecule has 1 aliphatic heterocycles. The predicted octanol–water partition coefficient (Wildman–Crippen LogP) is 2.37. The number of carbonyl (C=O) groups is 2. The van der Waals surface area contributed by atoms with Crippen LogP contribution in [0.3, 0.4) is 0 Å². The minimum Gasteiger partial charge on any atom is -0.469 e. The summed E-state index contributed by atoms with van der Waals surface area (Å²) in [5.74, 6) is -0.739. The molecule has 154 valence electrons. The Balaban J connectivity index is 1.95. The van der Waals surface area contributed by atoms with Crippen LogP contribution in [0.4, 0.5) is 0 Å². The summed E-state index contributed by atoms with van der Waals surface area (Å²) in [6.45, 7) is 9.09. The second kappa shape index (κ2) is 11.6. The normalized spacial score (nSPS) is 16.1. The largest absolute Gasteiger partial charge is 0.469 e. The molecular formula is C22H32N2O4. The monoisotopic (exact) mass is 388 g/mol. The van der Waals surface area contributed by atoms with E-state index in [2.05, 4.69) is 4.90 Å². The summed E-state index contributed by atoms with van der Waals surface area (Å²) in [5, 5.41) is 0. The molecule has 1 aromatic carbocycles. The van der Waals surface area contributed by atoms with Gasteiger partial charge in [0.15, 0.2) is 0 Å². The lowest BCUT2D eigenvalue weighted by Crippen LogP contribution is -2.40. The molecule has 0 radical (unpaired) electrons. The zero-order valence-corrected chi connectivity index (χ0v) is 17.2. The molecule has 0 spiro atoms. The molecule has 1 atom stereocenters. The zero-order chi connectivity index (χ0) is 20.4. The van der Waals surface area contributed by atoms with Crippen LogP contribution < -0.4 is 0 Å². The number of ether oxygens (including phenoxy) is 2. The van der Waals surface area contributed by atoms with Crippen molar-refractivity contribution in [2.75, 3.05) is 53.0 Å². The van der Waals surface area contributed by atoms with E-state index in [-0.39, 0.29) is 17.8 Å². The minimum absolute atomic E-state index is 0.0849. The molecule has 1 unspecified atom stereocenters. The van der Waals surface area contributed by atoms with Crippen molar-refractivity contribution in [2.24, 2.45) is 5.92 Å². The molecule has 1 aromatic rings. The van der Waals surface area contributed by atoms with Gasteiger partial charge >= 0.3 is 5.97 Å². The molecule has 1 aliphatic rings. The average Bonchev–Trinajstić information content (AvgIpc) is 2.72. The van der Waals surface area contributed by atoms with Crippen LogP contribution in [0.2, 0.25) is 0 Å². The van der Waals surface area contributed by atoms with Crippen molar-refractivity contribution >= 4 is 18.0 Å². The van der Waals surface area contributed by atoms with Crippen molar-refractivity contribution in [3.8, 4) is 0 Å². The number of hydrogen-bond acceptors (Lipinski definition) is 5. The van der Waals surface area contributed by atoms with E-state index in [9.17, 15) is 9.59 Å². The molecule has 2 rings (SSSR count). The highest BCUT2D eigenvalue weighted by Gasteiger charge is 2.20. The summed E-state index contributed by atoms with van der Waals surface area (Å²) < 4.78 is 10.2. The predicted molar refractivity (Wildman–Crippen MR) is 110 cm³/mol. The van der Waals surface area contributed by atoms with Gasteiger partial charge in [0.1, 0.15) is 0 Å². The Kier molecular flexibility index (Phi) is 9.17. The van der Waals surface area contributed by atoms with Crippen LogP contribution in [-0.4, -0.2) is 74.7 Å². The first-order chi connectivity index (χ1) is 13.5.